The summed E-state index contributed by atoms with van der Waals surface area (Å²) in [7, 11) is 0. The van der Waals surface area contributed by atoms with Gasteiger partial charge in [0, 0.05) is 6.54 Å². The smallest absolute Gasteiger partial charge is 0.408 e. The third kappa shape index (κ3) is 1.31. The molecule has 1 heterocycles. The molecule has 1 amide bonds. The quantitative estimate of drug-likeness (QED) is 0.562. The number of carboxylic acid groups (broad SMARTS) is 1. The monoisotopic (exact) mass is 161 g/mol. The van der Waals surface area contributed by atoms with E-state index in [0.29, 0.717) is 6.29 Å². The van der Waals surface area contributed by atoms with Gasteiger partial charge in [-0.05, 0) is 6.42 Å². The lowest BCUT2D eigenvalue weighted by atomic mass is 10.2. The first-order valence-electron chi connectivity index (χ1n) is 3.25. The van der Waals surface area contributed by atoms with E-state index in [1.165, 1.54) is 0 Å². The summed E-state index contributed by atoms with van der Waals surface area (Å²) >= 11 is 0. The Kier molecular flexibility index (Phi) is 2.07. The molecule has 0 aliphatic carbocycles. The summed E-state index contributed by atoms with van der Waals surface area (Å²) in [4.78, 5) is 21.3. The first kappa shape index (κ1) is 7.97. The van der Waals surface area contributed by atoms with Gasteiger partial charge in [0.1, 0.15) is 18.5 Å². The number of nitrogens with zero attached hydrogens (tertiary/aromatic N) is 1. The van der Waals surface area contributed by atoms with Crippen LogP contribution >= 0.6 is 0 Å². The zero-order valence-corrected chi connectivity index (χ0v) is 5.74. The largest absolute Gasteiger partial charge is 0.465 e. The summed E-state index contributed by atoms with van der Waals surface area (Å²) in [6.45, 7) is 0.111. The van der Waals surface area contributed by atoms with E-state index < -0.39 is 18.3 Å². The SMILES string of the molecule is O=CC1C(F)CCN1C(=O)O. The van der Waals surface area contributed by atoms with Crippen molar-refractivity contribution < 1.29 is 19.1 Å². The molecule has 0 radical (unpaired) electrons. The Morgan fingerprint density at radius 3 is 2.73 bits per heavy atom. The topological polar surface area (TPSA) is 57.6 Å². The maximum absolute atomic E-state index is 12.7. The Morgan fingerprint density at radius 1 is 1.73 bits per heavy atom. The molecule has 5 heteroatoms. The predicted molar refractivity (Wildman–Crippen MR) is 34.1 cm³/mol. The van der Waals surface area contributed by atoms with E-state index in [0.717, 1.165) is 4.90 Å². The van der Waals surface area contributed by atoms with Crippen LogP contribution in [0.25, 0.3) is 0 Å². The molecule has 1 N–H and O–H groups in total. The molecule has 1 rings (SSSR count). The van der Waals surface area contributed by atoms with Gasteiger partial charge in [0.15, 0.2) is 0 Å². The maximum atomic E-state index is 12.7. The fraction of sp³-hybridized carbons (Fsp3) is 0.667. The highest BCUT2D eigenvalue weighted by atomic mass is 19.1. The molecule has 0 bridgehead atoms. The molecule has 1 saturated heterocycles. The number of hydrogen-bond donors (Lipinski definition) is 1. The van der Waals surface area contributed by atoms with E-state index in [9.17, 15) is 14.0 Å². The molecular weight excluding hydrogens is 153 g/mol. The Balaban J connectivity index is 2.68. The maximum Gasteiger partial charge on any atom is 0.408 e. The van der Waals surface area contributed by atoms with Crippen molar-refractivity contribution in [2.24, 2.45) is 0 Å². The molecule has 2 unspecified atom stereocenters. The molecule has 2 atom stereocenters. The van der Waals surface area contributed by atoms with Crippen LogP contribution in [-0.2, 0) is 4.79 Å². The Labute approximate surface area is 62.6 Å². The molecule has 62 valence electrons. The number of aldehydes is 1. The highest BCUT2D eigenvalue weighted by Crippen LogP contribution is 2.18. The fourth-order valence-electron chi connectivity index (χ4n) is 1.16. The molecule has 11 heavy (non-hydrogen) atoms. The molecular formula is C6H8FNO3. The Hall–Kier alpha value is -1.13. The van der Waals surface area contributed by atoms with Crippen molar-refractivity contribution in [3.8, 4) is 0 Å². The zero-order valence-electron chi connectivity index (χ0n) is 5.74. The van der Waals surface area contributed by atoms with Gasteiger partial charge in [-0.15, -0.1) is 0 Å². The van der Waals surface area contributed by atoms with Crippen LogP contribution in [0.5, 0.6) is 0 Å². The van der Waals surface area contributed by atoms with Crippen LogP contribution < -0.4 is 0 Å². The van der Waals surface area contributed by atoms with Crippen molar-refractivity contribution >= 4 is 12.4 Å². The van der Waals surface area contributed by atoms with Crippen LogP contribution in [-0.4, -0.2) is 41.1 Å². The lowest BCUT2D eigenvalue weighted by Crippen LogP contribution is -2.38. The Bertz CT molecular complexity index is 185. The second-order valence-electron chi connectivity index (χ2n) is 2.41. The van der Waals surface area contributed by atoms with Crippen LogP contribution in [0.2, 0.25) is 0 Å². The van der Waals surface area contributed by atoms with Crippen molar-refractivity contribution in [2.45, 2.75) is 18.6 Å². The molecule has 0 spiro atoms. The van der Waals surface area contributed by atoms with Gasteiger partial charge < -0.3 is 9.90 Å². The van der Waals surface area contributed by atoms with Crippen LogP contribution in [0.3, 0.4) is 0 Å². The van der Waals surface area contributed by atoms with E-state index in [1.54, 1.807) is 0 Å². The first-order valence-corrected chi connectivity index (χ1v) is 3.25. The molecule has 0 aromatic rings. The summed E-state index contributed by atoms with van der Waals surface area (Å²) in [5, 5.41) is 8.43. The molecule has 0 aromatic heterocycles. The molecule has 1 fully saturated rings. The second-order valence-corrected chi connectivity index (χ2v) is 2.41. The average Bonchev–Trinajstić information content (AvgIpc) is 2.30. The minimum Gasteiger partial charge on any atom is -0.465 e. The predicted octanol–water partition coefficient (Wildman–Crippen LogP) is 0.276. The van der Waals surface area contributed by atoms with Crippen LogP contribution in [0, 0.1) is 0 Å². The van der Waals surface area contributed by atoms with Gasteiger partial charge >= 0.3 is 6.09 Å². The van der Waals surface area contributed by atoms with Crippen molar-refractivity contribution in [3.05, 3.63) is 0 Å². The van der Waals surface area contributed by atoms with Gasteiger partial charge in [0.25, 0.3) is 0 Å². The summed E-state index contributed by atoms with van der Waals surface area (Å²) in [6, 6.07) is -1.09. The van der Waals surface area contributed by atoms with E-state index in [-0.39, 0.29) is 13.0 Å². The number of carbonyl (C=O) groups is 2. The molecule has 1 aliphatic heterocycles. The third-order valence-corrected chi connectivity index (χ3v) is 1.76. The molecule has 4 nitrogen and oxygen atoms in total. The number of rotatable bonds is 1. The van der Waals surface area contributed by atoms with Gasteiger partial charge in [-0.1, -0.05) is 0 Å². The molecule has 1 aliphatic rings. The van der Waals surface area contributed by atoms with Gasteiger partial charge in [-0.3, -0.25) is 4.90 Å². The van der Waals surface area contributed by atoms with E-state index >= 15 is 0 Å². The van der Waals surface area contributed by atoms with E-state index in [1.807, 2.05) is 0 Å². The minimum atomic E-state index is -1.33. The van der Waals surface area contributed by atoms with Crippen LogP contribution in [0.1, 0.15) is 6.42 Å². The van der Waals surface area contributed by atoms with Gasteiger partial charge in [-0.2, -0.15) is 0 Å². The standard InChI is InChI=1S/C6H8FNO3/c7-4-1-2-8(6(10)11)5(4)3-9/h3-5H,1-2H2,(H,10,11). The van der Waals surface area contributed by atoms with E-state index in [2.05, 4.69) is 0 Å². The Morgan fingerprint density at radius 2 is 2.36 bits per heavy atom. The number of likely N-dealkylation sites (tertiary alicyclic amines) is 1. The third-order valence-electron chi connectivity index (χ3n) is 1.76. The fourth-order valence-corrected chi connectivity index (χ4v) is 1.16. The van der Waals surface area contributed by atoms with Crippen LogP contribution in [0.4, 0.5) is 9.18 Å². The molecule has 0 saturated carbocycles. The lowest BCUT2D eigenvalue weighted by Gasteiger charge is -2.16. The first-order chi connectivity index (χ1) is 5.16. The summed E-state index contributed by atoms with van der Waals surface area (Å²) < 4.78 is 12.7. The normalized spacial score (nSPS) is 30.5. The van der Waals surface area contributed by atoms with Gasteiger partial charge in [-0.25, -0.2) is 9.18 Å². The van der Waals surface area contributed by atoms with Gasteiger partial charge in [0.2, 0.25) is 0 Å². The van der Waals surface area contributed by atoms with Crippen molar-refractivity contribution in [1.29, 1.82) is 0 Å². The van der Waals surface area contributed by atoms with Crippen molar-refractivity contribution in [2.75, 3.05) is 6.54 Å². The lowest BCUT2D eigenvalue weighted by molar-refractivity contribution is -0.112. The zero-order chi connectivity index (χ0) is 8.43. The van der Waals surface area contributed by atoms with E-state index in [4.69, 9.17) is 5.11 Å². The van der Waals surface area contributed by atoms with Crippen molar-refractivity contribution in [1.82, 2.24) is 4.90 Å². The summed E-state index contributed by atoms with van der Waals surface area (Å²) in [5.74, 6) is 0. The number of halogens is 1. The summed E-state index contributed by atoms with van der Waals surface area (Å²) in [5.41, 5.74) is 0. The second kappa shape index (κ2) is 2.86. The number of hydrogen-bond acceptors (Lipinski definition) is 2. The van der Waals surface area contributed by atoms with Crippen LogP contribution in [0.15, 0.2) is 0 Å². The number of carbonyl (C=O) groups excluding carboxylic acids is 1. The minimum absolute atomic E-state index is 0.111. The number of alkyl halides is 1. The van der Waals surface area contributed by atoms with Crippen molar-refractivity contribution in [3.63, 3.8) is 0 Å². The van der Waals surface area contributed by atoms with Gasteiger partial charge in [0.05, 0.1) is 0 Å². The summed E-state index contributed by atoms with van der Waals surface area (Å²) in [6.07, 6.45) is -2.10. The highest BCUT2D eigenvalue weighted by molar-refractivity contribution is 5.73. The highest BCUT2D eigenvalue weighted by Gasteiger charge is 2.36. The number of amides is 1. The average molecular weight is 161 g/mol. The molecule has 0 aromatic carbocycles.